The van der Waals surface area contributed by atoms with Crippen LogP contribution in [0.15, 0.2) is 53.4 Å². The van der Waals surface area contributed by atoms with E-state index in [0.717, 1.165) is 0 Å². The highest BCUT2D eigenvalue weighted by Gasteiger charge is 2.30. The number of halogens is 1. The zero-order valence-corrected chi connectivity index (χ0v) is 18.8. The molecule has 1 fully saturated rings. The molecular weight excluding hydrogens is 478 g/mol. The van der Waals surface area contributed by atoms with Gasteiger partial charge in [-0.25, -0.2) is 13.2 Å². The summed E-state index contributed by atoms with van der Waals surface area (Å²) in [6.07, 6.45) is 0. The Balaban J connectivity index is 1.45. The average molecular weight is 498 g/mol. The molecule has 1 saturated heterocycles. The number of carbonyl (C=O) groups excluding carboxylic acids is 2. The van der Waals surface area contributed by atoms with Crippen LogP contribution in [0.4, 0.5) is 5.69 Å². The van der Waals surface area contributed by atoms with Gasteiger partial charge in [-0.1, -0.05) is 23.7 Å². The number of sulfonamides is 1. The number of nitrogens with zero attached hydrogens (tertiary/aromatic N) is 3. The first-order valence-corrected chi connectivity index (χ1v) is 11.6. The van der Waals surface area contributed by atoms with Gasteiger partial charge >= 0.3 is 11.7 Å². The summed E-state index contributed by atoms with van der Waals surface area (Å²) < 4.78 is 36.7. The number of nitro benzene ring substituents is 1. The summed E-state index contributed by atoms with van der Waals surface area (Å²) in [6.45, 7) is -0.711. The summed E-state index contributed by atoms with van der Waals surface area (Å²) in [5, 5.41) is 11.4. The Morgan fingerprint density at radius 2 is 1.64 bits per heavy atom. The molecule has 0 radical (unpaired) electrons. The highest BCUT2D eigenvalue weighted by atomic mass is 35.5. The number of carbonyl (C=O) groups is 2. The van der Waals surface area contributed by atoms with Crippen LogP contribution in [0.2, 0.25) is 5.02 Å². The molecule has 11 nitrogen and oxygen atoms in total. The first-order chi connectivity index (χ1) is 15.7. The highest BCUT2D eigenvalue weighted by molar-refractivity contribution is 7.89. The zero-order valence-electron chi connectivity index (χ0n) is 17.3. The van der Waals surface area contributed by atoms with Gasteiger partial charge in [-0.2, -0.15) is 4.31 Å². The largest absolute Gasteiger partial charge is 0.475 e. The van der Waals surface area contributed by atoms with Crippen molar-refractivity contribution in [3.05, 3.63) is 63.7 Å². The standard InChI is InChI=1S/C20H20ClN3O8S/c21-15-5-7-16(8-6-15)33(29,30)23-11-9-22(10-12-23)19(25)13-32-20(26)14-31-18-4-2-1-3-17(18)24(27)28/h1-8H,9-14H2. The van der Waals surface area contributed by atoms with E-state index in [9.17, 15) is 28.1 Å². The van der Waals surface area contributed by atoms with Gasteiger partial charge < -0.3 is 14.4 Å². The molecule has 0 saturated carbocycles. The molecule has 1 amide bonds. The summed E-state index contributed by atoms with van der Waals surface area (Å²) in [4.78, 5) is 36.0. The van der Waals surface area contributed by atoms with Gasteiger partial charge in [0.15, 0.2) is 19.0 Å². The first kappa shape index (κ1) is 24.4. The number of ether oxygens (including phenoxy) is 2. The number of rotatable bonds is 8. The van der Waals surface area contributed by atoms with E-state index >= 15 is 0 Å². The minimum Gasteiger partial charge on any atom is -0.475 e. The first-order valence-electron chi connectivity index (χ1n) is 9.74. The molecule has 0 aliphatic carbocycles. The summed E-state index contributed by atoms with van der Waals surface area (Å²) in [6, 6.07) is 11.4. The SMILES string of the molecule is O=C(COc1ccccc1[N+](=O)[O-])OCC(=O)N1CCN(S(=O)(=O)c2ccc(Cl)cc2)CC1. The van der Waals surface area contributed by atoms with Crippen molar-refractivity contribution < 1.29 is 32.4 Å². The molecular formula is C20H20ClN3O8S. The highest BCUT2D eigenvalue weighted by Crippen LogP contribution is 2.25. The molecule has 3 rings (SSSR count). The van der Waals surface area contributed by atoms with Crippen molar-refractivity contribution in [3.63, 3.8) is 0 Å². The molecule has 0 aromatic heterocycles. The third-order valence-electron chi connectivity index (χ3n) is 4.81. The second-order valence-corrected chi connectivity index (χ2v) is 9.29. The molecule has 0 N–H and O–H groups in total. The van der Waals surface area contributed by atoms with Gasteiger partial charge in [-0.05, 0) is 30.3 Å². The fourth-order valence-corrected chi connectivity index (χ4v) is 4.62. The van der Waals surface area contributed by atoms with E-state index < -0.39 is 40.0 Å². The number of para-hydroxylation sites is 2. The maximum atomic E-state index is 12.7. The summed E-state index contributed by atoms with van der Waals surface area (Å²) in [7, 11) is -3.71. The molecule has 0 bridgehead atoms. The summed E-state index contributed by atoms with van der Waals surface area (Å²) >= 11 is 5.80. The van der Waals surface area contributed by atoms with Crippen LogP contribution in [0, 0.1) is 10.1 Å². The van der Waals surface area contributed by atoms with E-state index in [4.69, 9.17) is 21.1 Å². The fourth-order valence-electron chi connectivity index (χ4n) is 3.08. The molecule has 0 unspecified atom stereocenters. The minimum absolute atomic E-state index is 0.0887. The third kappa shape index (κ3) is 6.18. The van der Waals surface area contributed by atoms with Crippen molar-refractivity contribution in [1.29, 1.82) is 0 Å². The number of piperazine rings is 1. The van der Waals surface area contributed by atoms with Crippen molar-refractivity contribution in [1.82, 2.24) is 9.21 Å². The average Bonchev–Trinajstić information content (AvgIpc) is 2.81. The van der Waals surface area contributed by atoms with Crippen molar-refractivity contribution in [2.24, 2.45) is 0 Å². The minimum atomic E-state index is -3.71. The monoisotopic (exact) mass is 497 g/mol. The number of hydrogen-bond donors (Lipinski definition) is 0. The van der Waals surface area contributed by atoms with E-state index in [-0.39, 0.29) is 42.5 Å². The second-order valence-electron chi connectivity index (χ2n) is 6.91. The Morgan fingerprint density at radius 3 is 2.27 bits per heavy atom. The lowest BCUT2D eigenvalue weighted by atomic mass is 10.3. The predicted octanol–water partition coefficient (Wildman–Crippen LogP) is 1.70. The van der Waals surface area contributed by atoms with Crippen LogP contribution in [0.25, 0.3) is 0 Å². The molecule has 13 heteroatoms. The molecule has 1 heterocycles. The van der Waals surface area contributed by atoms with Crippen molar-refractivity contribution in [3.8, 4) is 5.75 Å². The maximum absolute atomic E-state index is 12.7. The second kappa shape index (κ2) is 10.6. The van der Waals surface area contributed by atoms with E-state index in [2.05, 4.69) is 0 Å². The molecule has 2 aromatic rings. The van der Waals surface area contributed by atoms with Gasteiger partial charge in [0.1, 0.15) is 0 Å². The molecule has 1 aliphatic heterocycles. The molecule has 2 aromatic carbocycles. The third-order valence-corrected chi connectivity index (χ3v) is 6.97. The van der Waals surface area contributed by atoms with Gasteiger partial charge in [0.2, 0.25) is 10.0 Å². The van der Waals surface area contributed by atoms with Gasteiger partial charge in [-0.15, -0.1) is 0 Å². The molecule has 176 valence electrons. The van der Waals surface area contributed by atoms with Crippen LogP contribution < -0.4 is 4.74 Å². The van der Waals surface area contributed by atoms with E-state index in [1.165, 1.54) is 57.7 Å². The number of amides is 1. The topological polar surface area (TPSA) is 136 Å². The lowest BCUT2D eigenvalue weighted by molar-refractivity contribution is -0.385. The Bertz CT molecular complexity index is 1130. The Hall–Kier alpha value is -3.22. The number of esters is 1. The smallest absolute Gasteiger partial charge is 0.344 e. The van der Waals surface area contributed by atoms with Crippen LogP contribution in [0.1, 0.15) is 0 Å². The number of nitro groups is 1. The number of benzene rings is 2. The van der Waals surface area contributed by atoms with Crippen LogP contribution in [-0.2, 0) is 24.3 Å². The summed E-state index contributed by atoms with van der Waals surface area (Å²) in [5.74, 6) is -1.45. The molecule has 33 heavy (non-hydrogen) atoms. The van der Waals surface area contributed by atoms with Gasteiger partial charge in [-0.3, -0.25) is 14.9 Å². The van der Waals surface area contributed by atoms with Gasteiger partial charge in [0, 0.05) is 37.3 Å². The fraction of sp³-hybridized carbons (Fsp3) is 0.300. The van der Waals surface area contributed by atoms with E-state index in [1.54, 1.807) is 0 Å². The van der Waals surface area contributed by atoms with E-state index in [0.29, 0.717) is 5.02 Å². The summed E-state index contributed by atoms with van der Waals surface area (Å²) in [5.41, 5.74) is -0.298. The lowest BCUT2D eigenvalue weighted by Gasteiger charge is -2.33. The Kier molecular flexibility index (Phi) is 7.84. The van der Waals surface area contributed by atoms with Crippen LogP contribution in [-0.4, -0.2) is 73.8 Å². The Morgan fingerprint density at radius 1 is 1.00 bits per heavy atom. The maximum Gasteiger partial charge on any atom is 0.344 e. The van der Waals surface area contributed by atoms with Crippen LogP contribution in [0.5, 0.6) is 5.75 Å². The van der Waals surface area contributed by atoms with Gasteiger partial charge in [0.05, 0.1) is 9.82 Å². The lowest BCUT2D eigenvalue weighted by Crippen LogP contribution is -2.51. The molecule has 0 atom stereocenters. The van der Waals surface area contributed by atoms with Crippen molar-refractivity contribution >= 4 is 39.2 Å². The van der Waals surface area contributed by atoms with Crippen LogP contribution in [0.3, 0.4) is 0 Å². The zero-order chi connectivity index (χ0) is 24.0. The predicted molar refractivity (Wildman–Crippen MR) is 116 cm³/mol. The van der Waals surface area contributed by atoms with E-state index in [1.807, 2.05) is 0 Å². The van der Waals surface area contributed by atoms with Gasteiger partial charge in [0.25, 0.3) is 5.91 Å². The quantitative estimate of drug-likeness (QED) is 0.305. The van der Waals surface area contributed by atoms with Crippen LogP contribution >= 0.6 is 11.6 Å². The van der Waals surface area contributed by atoms with Crippen molar-refractivity contribution in [2.75, 3.05) is 39.4 Å². The van der Waals surface area contributed by atoms with Crippen molar-refractivity contribution in [2.45, 2.75) is 4.90 Å². The number of hydrogen-bond acceptors (Lipinski definition) is 8. The molecule has 1 aliphatic rings. The normalized spacial score (nSPS) is 14.5. The molecule has 0 spiro atoms. The Labute approximate surface area is 194 Å².